The molecule has 1 aromatic rings. The van der Waals surface area contributed by atoms with Crippen molar-refractivity contribution in [1.82, 2.24) is 4.90 Å². The third kappa shape index (κ3) is 3.12. The number of carbonyl (C=O) groups excluding carboxylic acids is 3. The van der Waals surface area contributed by atoms with Crippen LogP contribution in [0.4, 0.5) is 0 Å². The molecule has 1 aliphatic rings. The number of carbonyl (C=O) groups is 3. The lowest BCUT2D eigenvalue weighted by atomic mass is 9.91. The van der Waals surface area contributed by atoms with Crippen molar-refractivity contribution in [2.24, 2.45) is 11.7 Å². The number of amides is 2. The molecule has 0 spiro atoms. The molecule has 111 valence electrons. The van der Waals surface area contributed by atoms with Gasteiger partial charge in [-0.25, -0.2) is 0 Å². The van der Waals surface area contributed by atoms with Crippen molar-refractivity contribution in [2.75, 3.05) is 6.54 Å². The average molecular weight is 287 g/mol. The maximum Gasteiger partial charge on any atom is 0.244 e. The maximum atomic E-state index is 12.4. The molecule has 5 nitrogen and oxygen atoms in total. The second kappa shape index (κ2) is 6.08. The lowest BCUT2D eigenvalue weighted by molar-refractivity contribution is -0.142. The number of hydrogen-bond acceptors (Lipinski definition) is 3. The first-order valence-electron chi connectivity index (χ1n) is 7.00. The largest absolute Gasteiger partial charge is 0.368 e. The lowest BCUT2D eigenvalue weighted by Gasteiger charge is -2.35. The molecule has 5 heteroatoms. The summed E-state index contributed by atoms with van der Waals surface area (Å²) >= 11 is 0. The van der Waals surface area contributed by atoms with Gasteiger partial charge in [-0.2, -0.15) is 0 Å². The van der Waals surface area contributed by atoms with Gasteiger partial charge in [0.15, 0.2) is 0 Å². The molecule has 21 heavy (non-hydrogen) atoms. The molecular formula is C16H19N2O3. The number of nitrogens with zero attached hydrogens (tertiary/aromatic N) is 1. The standard InChI is InChI=1S/C16H19N2O3/c1-10(11(2)19)9-14(20)18-8-7-12-5-3-4-6-13(12)15(18)16(17)21/h4-6,10,15H,7-9H2,1-2H3,(H2,17,21). The number of ketones is 1. The first kappa shape index (κ1) is 15.2. The third-order valence-electron chi connectivity index (χ3n) is 3.98. The average Bonchev–Trinajstić information content (AvgIpc) is 2.45. The van der Waals surface area contributed by atoms with Gasteiger partial charge in [0.05, 0.1) is 0 Å². The fourth-order valence-corrected chi connectivity index (χ4v) is 2.60. The predicted octanol–water partition coefficient (Wildman–Crippen LogP) is 1.01. The summed E-state index contributed by atoms with van der Waals surface area (Å²) < 4.78 is 0. The van der Waals surface area contributed by atoms with E-state index in [1.54, 1.807) is 19.1 Å². The molecule has 0 aliphatic carbocycles. The molecule has 1 radical (unpaired) electrons. The number of nitrogens with two attached hydrogens (primary N) is 1. The van der Waals surface area contributed by atoms with E-state index < -0.39 is 11.9 Å². The van der Waals surface area contributed by atoms with Crippen LogP contribution in [-0.2, 0) is 20.8 Å². The van der Waals surface area contributed by atoms with Crippen LogP contribution in [0.1, 0.15) is 37.4 Å². The van der Waals surface area contributed by atoms with Crippen molar-refractivity contribution in [1.29, 1.82) is 0 Å². The van der Waals surface area contributed by atoms with Gasteiger partial charge in [0.2, 0.25) is 11.8 Å². The minimum Gasteiger partial charge on any atom is -0.368 e. The molecule has 2 N–H and O–H groups in total. The highest BCUT2D eigenvalue weighted by atomic mass is 16.2. The number of fused-ring (bicyclic) bond motifs is 1. The zero-order valence-electron chi connectivity index (χ0n) is 12.3. The molecule has 0 aromatic heterocycles. The van der Waals surface area contributed by atoms with E-state index in [1.807, 2.05) is 6.07 Å². The summed E-state index contributed by atoms with van der Waals surface area (Å²) in [6.07, 6.45) is 0.768. The van der Waals surface area contributed by atoms with Crippen LogP contribution in [0.25, 0.3) is 0 Å². The Balaban J connectivity index is 2.26. The van der Waals surface area contributed by atoms with Crippen LogP contribution in [0, 0.1) is 12.0 Å². The van der Waals surface area contributed by atoms with E-state index in [-0.39, 0.29) is 24.0 Å². The molecule has 1 heterocycles. The van der Waals surface area contributed by atoms with Gasteiger partial charge in [0.25, 0.3) is 0 Å². The zero-order chi connectivity index (χ0) is 15.6. The summed E-state index contributed by atoms with van der Waals surface area (Å²) in [7, 11) is 0. The number of primary amides is 1. The van der Waals surface area contributed by atoms with Crippen molar-refractivity contribution in [3.8, 4) is 0 Å². The molecule has 0 bridgehead atoms. The van der Waals surface area contributed by atoms with E-state index in [9.17, 15) is 14.4 Å². The Morgan fingerprint density at radius 1 is 1.48 bits per heavy atom. The van der Waals surface area contributed by atoms with Crippen molar-refractivity contribution in [3.63, 3.8) is 0 Å². The van der Waals surface area contributed by atoms with Gasteiger partial charge in [0, 0.05) is 18.9 Å². The van der Waals surface area contributed by atoms with E-state index in [1.165, 1.54) is 11.8 Å². The molecule has 2 unspecified atom stereocenters. The van der Waals surface area contributed by atoms with Crippen molar-refractivity contribution in [2.45, 2.75) is 32.7 Å². The summed E-state index contributed by atoms with van der Waals surface area (Å²) in [4.78, 5) is 37.0. The summed E-state index contributed by atoms with van der Waals surface area (Å²) in [6.45, 7) is 3.61. The van der Waals surface area contributed by atoms with Crippen LogP contribution < -0.4 is 5.73 Å². The Kier molecular flexibility index (Phi) is 4.40. The smallest absolute Gasteiger partial charge is 0.244 e. The molecule has 2 atom stereocenters. The highest BCUT2D eigenvalue weighted by Crippen LogP contribution is 2.30. The summed E-state index contributed by atoms with van der Waals surface area (Å²) in [6, 6.07) is 7.53. The second-order valence-corrected chi connectivity index (χ2v) is 5.48. The minimum absolute atomic E-state index is 0.0361. The van der Waals surface area contributed by atoms with Crippen LogP contribution in [0.15, 0.2) is 18.2 Å². The normalized spacial score (nSPS) is 18.8. The predicted molar refractivity (Wildman–Crippen MR) is 77.1 cm³/mol. The molecule has 2 amide bonds. The summed E-state index contributed by atoms with van der Waals surface area (Å²) in [5.74, 6) is -1.14. The van der Waals surface area contributed by atoms with Crippen LogP contribution >= 0.6 is 0 Å². The number of hydrogen-bond donors (Lipinski definition) is 1. The van der Waals surface area contributed by atoms with Gasteiger partial charge in [0.1, 0.15) is 11.8 Å². The first-order chi connectivity index (χ1) is 9.91. The fraction of sp³-hybridized carbons (Fsp3) is 0.438. The fourth-order valence-electron chi connectivity index (χ4n) is 2.60. The van der Waals surface area contributed by atoms with Gasteiger partial charge in [-0.3, -0.25) is 14.4 Å². The van der Waals surface area contributed by atoms with Crippen LogP contribution in [0.5, 0.6) is 0 Å². The van der Waals surface area contributed by atoms with Gasteiger partial charge >= 0.3 is 0 Å². The molecular weight excluding hydrogens is 268 g/mol. The van der Waals surface area contributed by atoms with E-state index in [0.717, 1.165) is 11.1 Å². The topological polar surface area (TPSA) is 80.5 Å². The Labute approximate surface area is 124 Å². The third-order valence-corrected chi connectivity index (χ3v) is 3.98. The quantitative estimate of drug-likeness (QED) is 0.897. The van der Waals surface area contributed by atoms with E-state index >= 15 is 0 Å². The van der Waals surface area contributed by atoms with Gasteiger partial charge in [-0.05, 0) is 30.5 Å². The minimum atomic E-state index is -0.755. The van der Waals surface area contributed by atoms with Crippen LogP contribution in [0.3, 0.4) is 0 Å². The van der Waals surface area contributed by atoms with Crippen molar-refractivity contribution < 1.29 is 14.4 Å². The highest BCUT2D eigenvalue weighted by Gasteiger charge is 2.34. The molecule has 0 saturated carbocycles. The number of rotatable bonds is 4. The Morgan fingerprint density at radius 3 is 2.81 bits per heavy atom. The highest BCUT2D eigenvalue weighted by molar-refractivity contribution is 5.90. The molecule has 1 aliphatic heterocycles. The first-order valence-corrected chi connectivity index (χ1v) is 7.00. The van der Waals surface area contributed by atoms with Crippen molar-refractivity contribution >= 4 is 17.6 Å². The number of benzene rings is 1. The zero-order valence-corrected chi connectivity index (χ0v) is 12.3. The maximum absolute atomic E-state index is 12.4. The molecule has 0 fully saturated rings. The van der Waals surface area contributed by atoms with E-state index in [2.05, 4.69) is 6.07 Å². The Hall–Kier alpha value is -2.17. The van der Waals surface area contributed by atoms with Gasteiger partial charge < -0.3 is 10.6 Å². The van der Waals surface area contributed by atoms with Crippen LogP contribution in [-0.4, -0.2) is 29.0 Å². The van der Waals surface area contributed by atoms with E-state index in [0.29, 0.717) is 13.0 Å². The molecule has 1 aromatic carbocycles. The molecule has 0 saturated heterocycles. The van der Waals surface area contributed by atoms with E-state index in [4.69, 9.17) is 5.73 Å². The second-order valence-electron chi connectivity index (χ2n) is 5.48. The van der Waals surface area contributed by atoms with Crippen LogP contribution in [0.2, 0.25) is 0 Å². The monoisotopic (exact) mass is 287 g/mol. The SMILES string of the molecule is CC(=O)C(C)CC(=O)N1CCc2c[c]ccc2C1C(N)=O. The van der Waals surface area contributed by atoms with Crippen molar-refractivity contribution in [3.05, 3.63) is 35.4 Å². The summed E-state index contributed by atoms with van der Waals surface area (Å²) in [5.41, 5.74) is 7.24. The van der Waals surface area contributed by atoms with Gasteiger partial charge in [-0.1, -0.05) is 25.1 Å². The lowest BCUT2D eigenvalue weighted by Crippen LogP contribution is -2.46. The summed E-state index contributed by atoms with van der Waals surface area (Å²) in [5, 5.41) is 0. The number of Topliss-reactive ketones (excluding diaryl/α,β-unsaturated/α-hetero) is 1. The van der Waals surface area contributed by atoms with Gasteiger partial charge in [-0.15, -0.1) is 0 Å². The Bertz CT molecular complexity index is 583. The Morgan fingerprint density at radius 2 is 2.19 bits per heavy atom. The molecule has 2 rings (SSSR count).